The van der Waals surface area contributed by atoms with Gasteiger partial charge in [-0.05, 0) is 70.5 Å². The zero-order valence-corrected chi connectivity index (χ0v) is 16.6. The van der Waals surface area contributed by atoms with E-state index in [-0.39, 0.29) is 17.4 Å². The van der Waals surface area contributed by atoms with Crippen LogP contribution in [0.25, 0.3) is 0 Å². The monoisotopic (exact) mass is 370 g/mol. The molecule has 1 saturated heterocycles. The predicted molar refractivity (Wildman–Crippen MR) is 108 cm³/mol. The summed E-state index contributed by atoms with van der Waals surface area (Å²) in [7, 11) is 0. The number of hydrogen-bond donors (Lipinski definition) is 1. The van der Waals surface area contributed by atoms with E-state index in [1.807, 2.05) is 45.0 Å². The lowest BCUT2D eigenvalue weighted by atomic mass is 9.94. The Hall–Kier alpha value is -2.27. The van der Waals surface area contributed by atoms with Gasteiger partial charge >= 0.3 is 0 Å². The highest BCUT2D eigenvalue weighted by atomic mass is 16.5. The molecule has 0 amide bonds. The van der Waals surface area contributed by atoms with Crippen LogP contribution in [0.5, 0.6) is 11.5 Å². The highest BCUT2D eigenvalue weighted by Gasteiger charge is 2.29. The molecule has 0 bridgehead atoms. The van der Waals surface area contributed by atoms with Crippen LogP contribution in [0.4, 0.5) is 0 Å². The molecule has 5 nitrogen and oxygen atoms in total. The zero-order valence-electron chi connectivity index (χ0n) is 16.6. The van der Waals surface area contributed by atoms with Gasteiger partial charge in [0.15, 0.2) is 0 Å². The van der Waals surface area contributed by atoms with Crippen LogP contribution in [0, 0.1) is 6.92 Å². The second-order valence-corrected chi connectivity index (χ2v) is 7.14. The maximum atomic E-state index is 13.2. The third-order valence-corrected chi connectivity index (χ3v) is 5.38. The first-order chi connectivity index (χ1) is 13.1. The Morgan fingerprint density at radius 1 is 1.11 bits per heavy atom. The molecule has 1 atom stereocenters. The summed E-state index contributed by atoms with van der Waals surface area (Å²) in [5, 5.41) is 10.7. The van der Waals surface area contributed by atoms with Gasteiger partial charge in [-0.1, -0.05) is 18.6 Å². The fourth-order valence-electron chi connectivity index (χ4n) is 4.07. The number of nitrogens with zero attached hydrogens (tertiary/aromatic N) is 2. The van der Waals surface area contributed by atoms with Crippen LogP contribution >= 0.6 is 0 Å². The molecule has 27 heavy (non-hydrogen) atoms. The molecule has 2 aromatic rings. The van der Waals surface area contributed by atoms with E-state index in [4.69, 9.17) is 4.74 Å². The van der Waals surface area contributed by atoms with Crippen molar-refractivity contribution in [3.8, 4) is 11.5 Å². The second kappa shape index (κ2) is 8.61. The molecule has 1 aromatic carbocycles. The summed E-state index contributed by atoms with van der Waals surface area (Å²) >= 11 is 0. The van der Waals surface area contributed by atoms with E-state index >= 15 is 0 Å². The second-order valence-electron chi connectivity index (χ2n) is 7.14. The van der Waals surface area contributed by atoms with Crippen molar-refractivity contribution in [2.45, 2.75) is 52.6 Å². The van der Waals surface area contributed by atoms with Gasteiger partial charge in [-0.3, -0.25) is 9.69 Å². The van der Waals surface area contributed by atoms with Gasteiger partial charge in [0.25, 0.3) is 5.56 Å². The molecule has 146 valence electrons. The van der Waals surface area contributed by atoms with Gasteiger partial charge in [0.05, 0.1) is 18.2 Å². The van der Waals surface area contributed by atoms with Crippen molar-refractivity contribution in [2.75, 3.05) is 19.7 Å². The lowest BCUT2D eigenvalue weighted by Gasteiger charge is -2.35. The van der Waals surface area contributed by atoms with Crippen LogP contribution < -0.4 is 10.3 Å². The number of aryl methyl sites for hydroxylation is 1. The first kappa shape index (κ1) is 19.5. The van der Waals surface area contributed by atoms with Gasteiger partial charge in [0, 0.05) is 12.2 Å². The van der Waals surface area contributed by atoms with Gasteiger partial charge in [-0.25, -0.2) is 0 Å². The summed E-state index contributed by atoms with van der Waals surface area (Å²) in [6.07, 6.45) is 3.44. The van der Waals surface area contributed by atoms with Crippen molar-refractivity contribution < 1.29 is 9.84 Å². The quantitative estimate of drug-likeness (QED) is 0.839. The third-order valence-electron chi connectivity index (χ3n) is 5.38. The third kappa shape index (κ3) is 4.03. The van der Waals surface area contributed by atoms with Gasteiger partial charge in [0.2, 0.25) is 0 Å². The van der Waals surface area contributed by atoms with Crippen molar-refractivity contribution in [2.24, 2.45) is 0 Å². The molecule has 1 aromatic heterocycles. The number of rotatable bonds is 6. The number of benzene rings is 1. The van der Waals surface area contributed by atoms with Crippen molar-refractivity contribution in [3.05, 3.63) is 57.5 Å². The molecular formula is C22H30N2O3. The first-order valence-corrected chi connectivity index (χ1v) is 9.96. The Kier molecular flexibility index (Phi) is 6.22. The number of pyridine rings is 1. The van der Waals surface area contributed by atoms with Crippen molar-refractivity contribution in [1.29, 1.82) is 0 Å². The molecule has 1 fully saturated rings. The summed E-state index contributed by atoms with van der Waals surface area (Å²) < 4.78 is 7.30. The Balaban J connectivity index is 2.12. The van der Waals surface area contributed by atoms with E-state index < -0.39 is 0 Å². The van der Waals surface area contributed by atoms with Crippen LogP contribution in [-0.2, 0) is 6.54 Å². The molecule has 1 N–H and O–H groups in total. The highest BCUT2D eigenvalue weighted by molar-refractivity contribution is 5.42. The number of aromatic nitrogens is 1. The summed E-state index contributed by atoms with van der Waals surface area (Å²) in [6, 6.07) is 9.38. The summed E-state index contributed by atoms with van der Waals surface area (Å²) in [5.41, 5.74) is 2.18. The lowest BCUT2D eigenvalue weighted by molar-refractivity contribution is 0.183. The SMILES string of the molecule is CCOc1ccc(C(c2c(O)cc(C)n(CC)c2=O)N2CCCCC2)cc1. The molecule has 1 aliphatic rings. The number of hydrogen-bond acceptors (Lipinski definition) is 4. The maximum Gasteiger partial charge on any atom is 0.259 e. The topological polar surface area (TPSA) is 54.7 Å². The van der Waals surface area contributed by atoms with Gasteiger partial charge in [-0.2, -0.15) is 0 Å². The van der Waals surface area contributed by atoms with E-state index in [9.17, 15) is 9.90 Å². The average Bonchev–Trinajstić information content (AvgIpc) is 2.67. The van der Waals surface area contributed by atoms with Crippen LogP contribution in [0.15, 0.2) is 35.1 Å². The molecule has 2 heterocycles. The zero-order chi connectivity index (χ0) is 19.4. The van der Waals surface area contributed by atoms with Crippen LogP contribution in [0.2, 0.25) is 0 Å². The van der Waals surface area contributed by atoms with E-state index in [0.717, 1.165) is 42.9 Å². The van der Waals surface area contributed by atoms with Crippen molar-refractivity contribution >= 4 is 0 Å². The minimum absolute atomic E-state index is 0.0895. The fraction of sp³-hybridized carbons (Fsp3) is 0.500. The summed E-state index contributed by atoms with van der Waals surface area (Å²) in [4.78, 5) is 15.5. The van der Waals surface area contributed by atoms with Crippen LogP contribution in [0.3, 0.4) is 0 Å². The first-order valence-electron chi connectivity index (χ1n) is 9.96. The molecule has 0 radical (unpaired) electrons. The number of piperidine rings is 1. The molecular weight excluding hydrogens is 340 g/mol. The number of ether oxygens (including phenoxy) is 1. The molecule has 1 aliphatic heterocycles. The molecule has 0 spiro atoms. The molecule has 0 saturated carbocycles. The number of aromatic hydroxyl groups is 1. The van der Waals surface area contributed by atoms with Crippen LogP contribution in [0.1, 0.15) is 56.0 Å². The minimum atomic E-state index is -0.244. The van der Waals surface area contributed by atoms with Gasteiger partial charge in [0.1, 0.15) is 11.5 Å². The maximum absolute atomic E-state index is 13.2. The van der Waals surface area contributed by atoms with Crippen LogP contribution in [-0.4, -0.2) is 34.3 Å². The van der Waals surface area contributed by atoms with E-state index in [1.165, 1.54) is 6.42 Å². The molecule has 5 heteroatoms. The molecule has 1 unspecified atom stereocenters. The smallest absolute Gasteiger partial charge is 0.259 e. The Bertz CT molecular complexity index is 821. The van der Waals surface area contributed by atoms with E-state index in [0.29, 0.717) is 18.7 Å². The van der Waals surface area contributed by atoms with Crippen molar-refractivity contribution in [3.63, 3.8) is 0 Å². The molecule has 0 aliphatic carbocycles. The molecule has 3 rings (SSSR count). The predicted octanol–water partition coefficient (Wildman–Crippen LogP) is 3.86. The average molecular weight is 370 g/mol. The fourth-order valence-corrected chi connectivity index (χ4v) is 4.07. The summed E-state index contributed by atoms with van der Waals surface area (Å²) in [5.74, 6) is 0.907. The largest absolute Gasteiger partial charge is 0.507 e. The standard InChI is InChI=1S/C22H30N2O3/c1-4-24-16(3)15-19(25)20(22(24)26)21(23-13-7-6-8-14-23)17-9-11-18(12-10-17)27-5-2/h9-12,15,21,25H,4-8,13-14H2,1-3H3. The Labute approximate surface area is 161 Å². The normalized spacial score (nSPS) is 16.3. The Morgan fingerprint density at radius 2 is 1.78 bits per heavy atom. The summed E-state index contributed by atoms with van der Waals surface area (Å²) in [6.45, 7) is 8.85. The highest BCUT2D eigenvalue weighted by Crippen LogP contribution is 2.35. The Morgan fingerprint density at radius 3 is 2.37 bits per heavy atom. The van der Waals surface area contributed by atoms with E-state index in [1.54, 1.807) is 10.6 Å². The van der Waals surface area contributed by atoms with Gasteiger partial charge in [-0.15, -0.1) is 0 Å². The number of likely N-dealkylation sites (tertiary alicyclic amines) is 1. The minimum Gasteiger partial charge on any atom is -0.507 e. The van der Waals surface area contributed by atoms with Crippen molar-refractivity contribution in [1.82, 2.24) is 9.47 Å². The van der Waals surface area contributed by atoms with E-state index in [2.05, 4.69) is 4.90 Å². The van der Waals surface area contributed by atoms with Gasteiger partial charge < -0.3 is 14.4 Å². The lowest BCUT2D eigenvalue weighted by Crippen LogP contribution is -2.38.